The molecule has 0 bridgehead atoms. The number of hydrogen-bond donors (Lipinski definition) is 1. The molecule has 0 spiro atoms. The average Bonchev–Trinajstić information content (AvgIpc) is 2.31. The monoisotopic (exact) mass is 227 g/mol. The first-order valence-corrected chi connectivity index (χ1v) is 5.47. The fourth-order valence-electron chi connectivity index (χ4n) is 1.39. The number of benzene rings is 1. The minimum atomic E-state index is -0.510. The summed E-state index contributed by atoms with van der Waals surface area (Å²) in [5.41, 5.74) is 0.529. The molecule has 0 fully saturated rings. The fraction of sp³-hybridized carbons (Fsp3) is 0.417. The SMILES string of the molecule is CC.CCC1Oc2cc(F)ccc2NC1=O.[HH]. The van der Waals surface area contributed by atoms with E-state index < -0.39 is 6.10 Å². The zero-order valence-corrected chi connectivity index (χ0v) is 9.71. The van der Waals surface area contributed by atoms with Gasteiger partial charge in [-0.3, -0.25) is 4.79 Å². The highest BCUT2D eigenvalue weighted by molar-refractivity contribution is 5.97. The van der Waals surface area contributed by atoms with Crippen LogP contribution in [0, 0.1) is 5.82 Å². The van der Waals surface area contributed by atoms with Gasteiger partial charge in [0.1, 0.15) is 11.6 Å². The van der Waals surface area contributed by atoms with Crippen molar-refractivity contribution in [3.63, 3.8) is 0 Å². The summed E-state index contributed by atoms with van der Waals surface area (Å²) < 4.78 is 18.2. The second-order valence-corrected chi connectivity index (χ2v) is 3.14. The van der Waals surface area contributed by atoms with Gasteiger partial charge in [0.05, 0.1) is 5.69 Å². The molecular formula is C12H18FNO2. The van der Waals surface area contributed by atoms with Crippen molar-refractivity contribution in [3.8, 4) is 5.75 Å². The molecule has 1 amide bonds. The standard InChI is InChI=1S/C10H10FNO2.C2H6.H2/c1-2-8-10(13)12-7-4-3-6(11)5-9(7)14-8;1-2;/h3-5,8H,2H2,1H3,(H,12,13);1-2H3;1H. The molecule has 1 aliphatic heterocycles. The summed E-state index contributed by atoms with van der Waals surface area (Å²) in [5, 5.41) is 2.66. The van der Waals surface area contributed by atoms with Crippen LogP contribution in [0.15, 0.2) is 18.2 Å². The van der Waals surface area contributed by atoms with E-state index in [1.165, 1.54) is 18.2 Å². The van der Waals surface area contributed by atoms with Crippen molar-refractivity contribution in [2.45, 2.75) is 33.3 Å². The van der Waals surface area contributed by atoms with E-state index in [0.29, 0.717) is 17.9 Å². The van der Waals surface area contributed by atoms with E-state index >= 15 is 0 Å². The molecule has 1 atom stereocenters. The van der Waals surface area contributed by atoms with Crippen LogP contribution in [0.25, 0.3) is 0 Å². The van der Waals surface area contributed by atoms with Crippen LogP contribution in [0.4, 0.5) is 10.1 Å². The zero-order valence-electron chi connectivity index (χ0n) is 9.71. The van der Waals surface area contributed by atoms with Gasteiger partial charge < -0.3 is 10.1 Å². The molecule has 0 radical (unpaired) electrons. The van der Waals surface area contributed by atoms with Gasteiger partial charge in [0.15, 0.2) is 6.10 Å². The van der Waals surface area contributed by atoms with Crippen molar-refractivity contribution in [3.05, 3.63) is 24.0 Å². The zero-order chi connectivity index (χ0) is 12.1. The molecule has 1 N–H and O–H groups in total. The largest absolute Gasteiger partial charge is 0.478 e. The molecule has 4 heteroatoms. The van der Waals surface area contributed by atoms with Crippen LogP contribution in [-0.4, -0.2) is 12.0 Å². The lowest BCUT2D eigenvalue weighted by Gasteiger charge is -2.24. The molecule has 1 aliphatic rings. The normalized spacial score (nSPS) is 17.5. The van der Waals surface area contributed by atoms with Gasteiger partial charge in [0, 0.05) is 7.49 Å². The van der Waals surface area contributed by atoms with Crippen molar-refractivity contribution >= 4 is 11.6 Å². The average molecular weight is 227 g/mol. The summed E-state index contributed by atoms with van der Waals surface area (Å²) in [5.74, 6) is -0.141. The summed E-state index contributed by atoms with van der Waals surface area (Å²) in [4.78, 5) is 11.3. The van der Waals surface area contributed by atoms with Crippen LogP contribution in [0.3, 0.4) is 0 Å². The number of carbonyl (C=O) groups excluding carboxylic acids is 1. The minimum Gasteiger partial charge on any atom is -0.478 e. The molecular weight excluding hydrogens is 209 g/mol. The molecule has 0 aliphatic carbocycles. The van der Waals surface area contributed by atoms with E-state index in [2.05, 4.69) is 5.32 Å². The number of rotatable bonds is 1. The Morgan fingerprint density at radius 1 is 1.50 bits per heavy atom. The molecule has 90 valence electrons. The molecule has 1 unspecified atom stereocenters. The lowest BCUT2D eigenvalue weighted by molar-refractivity contribution is -0.123. The van der Waals surface area contributed by atoms with Gasteiger partial charge in [-0.25, -0.2) is 4.39 Å². The molecule has 0 saturated carbocycles. The maximum absolute atomic E-state index is 12.8. The Morgan fingerprint density at radius 2 is 2.19 bits per heavy atom. The molecule has 0 aromatic heterocycles. The van der Waals surface area contributed by atoms with E-state index in [4.69, 9.17) is 4.74 Å². The van der Waals surface area contributed by atoms with Crippen molar-refractivity contribution in [2.75, 3.05) is 5.32 Å². The van der Waals surface area contributed by atoms with Crippen LogP contribution >= 0.6 is 0 Å². The Labute approximate surface area is 96.1 Å². The first-order chi connectivity index (χ1) is 7.70. The molecule has 1 aromatic carbocycles. The fourth-order valence-corrected chi connectivity index (χ4v) is 1.39. The highest BCUT2D eigenvalue weighted by atomic mass is 19.1. The van der Waals surface area contributed by atoms with Gasteiger partial charge in [-0.05, 0) is 18.6 Å². The number of ether oxygens (including phenoxy) is 1. The Morgan fingerprint density at radius 3 is 2.81 bits per heavy atom. The molecule has 2 rings (SSSR count). The Balaban J connectivity index is 0.000000811. The highest BCUT2D eigenvalue weighted by Gasteiger charge is 2.25. The molecule has 0 saturated heterocycles. The third kappa shape index (κ3) is 2.51. The first-order valence-electron chi connectivity index (χ1n) is 5.47. The summed E-state index contributed by atoms with van der Waals surface area (Å²) in [6, 6.07) is 4.06. The van der Waals surface area contributed by atoms with Crippen LogP contribution in [0.2, 0.25) is 0 Å². The van der Waals surface area contributed by atoms with Crippen molar-refractivity contribution in [2.24, 2.45) is 0 Å². The highest BCUT2D eigenvalue weighted by Crippen LogP contribution is 2.30. The number of carbonyl (C=O) groups is 1. The lowest BCUT2D eigenvalue weighted by Crippen LogP contribution is -2.36. The molecule has 3 nitrogen and oxygen atoms in total. The summed E-state index contributed by atoms with van der Waals surface area (Å²) in [6.45, 7) is 5.84. The maximum atomic E-state index is 12.8. The van der Waals surface area contributed by atoms with E-state index in [1.54, 1.807) is 0 Å². The number of anilines is 1. The smallest absolute Gasteiger partial charge is 0.265 e. The van der Waals surface area contributed by atoms with Crippen molar-refractivity contribution < 1.29 is 15.3 Å². The maximum Gasteiger partial charge on any atom is 0.265 e. The first kappa shape index (κ1) is 12.5. The number of halogens is 1. The summed E-state index contributed by atoms with van der Waals surface area (Å²) in [7, 11) is 0. The second kappa shape index (κ2) is 5.49. The van der Waals surface area contributed by atoms with Crippen LogP contribution in [0.1, 0.15) is 28.6 Å². The number of nitrogens with one attached hydrogen (secondary N) is 1. The van der Waals surface area contributed by atoms with E-state index in [9.17, 15) is 9.18 Å². The summed E-state index contributed by atoms with van der Waals surface area (Å²) >= 11 is 0. The predicted molar refractivity (Wildman–Crippen MR) is 63.2 cm³/mol. The van der Waals surface area contributed by atoms with Crippen LogP contribution < -0.4 is 10.1 Å². The predicted octanol–water partition coefficient (Wildman–Crippen LogP) is 3.21. The molecule has 1 heterocycles. The van der Waals surface area contributed by atoms with Crippen LogP contribution in [-0.2, 0) is 4.79 Å². The third-order valence-electron chi connectivity index (χ3n) is 2.13. The van der Waals surface area contributed by atoms with Gasteiger partial charge in [0.25, 0.3) is 5.91 Å². The van der Waals surface area contributed by atoms with Gasteiger partial charge >= 0.3 is 0 Å². The lowest BCUT2D eigenvalue weighted by atomic mass is 10.2. The Hall–Kier alpha value is -1.58. The minimum absolute atomic E-state index is 0. The van der Waals surface area contributed by atoms with E-state index in [-0.39, 0.29) is 13.2 Å². The van der Waals surface area contributed by atoms with Crippen molar-refractivity contribution in [1.82, 2.24) is 0 Å². The van der Waals surface area contributed by atoms with Gasteiger partial charge in [-0.2, -0.15) is 0 Å². The number of fused-ring (bicyclic) bond motifs is 1. The summed E-state index contributed by atoms with van der Waals surface area (Å²) in [6.07, 6.45) is 0.0613. The topological polar surface area (TPSA) is 38.3 Å². The molecule has 1 aromatic rings. The van der Waals surface area contributed by atoms with Gasteiger partial charge in [-0.1, -0.05) is 20.8 Å². The third-order valence-corrected chi connectivity index (χ3v) is 2.13. The number of hydrogen-bond acceptors (Lipinski definition) is 2. The Bertz CT molecular complexity index is 385. The Kier molecular flexibility index (Phi) is 4.28. The van der Waals surface area contributed by atoms with Crippen LogP contribution in [0.5, 0.6) is 5.75 Å². The number of amides is 1. The van der Waals surface area contributed by atoms with Gasteiger partial charge in [0.2, 0.25) is 0 Å². The van der Waals surface area contributed by atoms with E-state index in [1.807, 2.05) is 20.8 Å². The van der Waals surface area contributed by atoms with Crippen molar-refractivity contribution in [1.29, 1.82) is 0 Å². The van der Waals surface area contributed by atoms with E-state index in [0.717, 1.165) is 0 Å². The van der Waals surface area contributed by atoms with Gasteiger partial charge in [-0.15, -0.1) is 0 Å². The quantitative estimate of drug-likeness (QED) is 0.800. The second-order valence-electron chi connectivity index (χ2n) is 3.14. The molecule has 16 heavy (non-hydrogen) atoms.